The fourth-order valence-electron chi connectivity index (χ4n) is 2.33. The van der Waals surface area contributed by atoms with Gasteiger partial charge in [0, 0.05) is 25.0 Å². The molecule has 116 valence electrons. The van der Waals surface area contributed by atoms with Crippen molar-refractivity contribution in [3.8, 4) is 0 Å². The summed E-state index contributed by atoms with van der Waals surface area (Å²) in [5.41, 5.74) is 0. The van der Waals surface area contributed by atoms with Crippen LogP contribution in [-0.2, 0) is 19.6 Å². The largest absolute Gasteiger partial charge is 0.480 e. The minimum atomic E-state index is -3.22. The molecule has 0 aromatic carbocycles. The number of piperidine rings is 1. The van der Waals surface area contributed by atoms with Crippen LogP contribution in [0.15, 0.2) is 0 Å². The first-order valence-electron chi connectivity index (χ1n) is 6.60. The lowest BCUT2D eigenvalue weighted by Crippen LogP contribution is -2.47. The van der Waals surface area contributed by atoms with E-state index in [-0.39, 0.29) is 24.4 Å². The molecule has 1 N–H and O–H groups in total. The highest BCUT2D eigenvalue weighted by Gasteiger charge is 2.32. The average Bonchev–Trinajstić information content (AvgIpc) is 2.33. The summed E-state index contributed by atoms with van der Waals surface area (Å²) in [4.78, 5) is 24.5. The van der Waals surface area contributed by atoms with Crippen LogP contribution in [0, 0.1) is 5.92 Å². The Morgan fingerprint density at radius 2 is 1.80 bits per heavy atom. The molecule has 0 unspecified atom stereocenters. The van der Waals surface area contributed by atoms with E-state index in [4.69, 9.17) is 5.11 Å². The second kappa shape index (κ2) is 6.53. The number of carbonyl (C=O) groups excluding carboxylic acids is 1. The summed E-state index contributed by atoms with van der Waals surface area (Å²) >= 11 is 0. The molecule has 8 heteroatoms. The summed E-state index contributed by atoms with van der Waals surface area (Å²) in [5, 5.41) is 8.85. The average molecular weight is 306 g/mol. The summed E-state index contributed by atoms with van der Waals surface area (Å²) in [5.74, 6) is -1.54. The maximum atomic E-state index is 12.3. The van der Waals surface area contributed by atoms with E-state index in [1.807, 2.05) is 0 Å². The second-order valence-electron chi connectivity index (χ2n) is 5.39. The first-order chi connectivity index (χ1) is 9.12. The molecular weight excluding hydrogens is 284 g/mol. The van der Waals surface area contributed by atoms with Gasteiger partial charge in [0.25, 0.3) is 0 Å². The minimum Gasteiger partial charge on any atom is -0.480 e. The van der Waals surface area contributed by atoms with Crippen LogP contribution in [-0.4, -0.2) is 66.5 Å². The van der Waals surface area contributed by atoms with E-state index in [0.29, 0.717) is 25.9 Å². The Balaban J connectivity index is 2.67. The molecule has 1 amide bonds. The molecule has 0 aromatic rings. The van der Waals surface area contributed by atoms with Crippen molar-refractivity contribution >= 4 is 21.9 Å². The van der Waals surface area contributed by atoms with Gasteiger partial charge in [0.15, 0.2) is 0 Å². The third-order valence-corrected chi connectivity index (χ3v) is 4.79. The highest BCUT2D eigenvalue weighted by molar-refractivity contribution is 7.88. The van der Waals surface area contributed by atoms with Crippen molar-refractivity contribution in [1.82, 2.24) is 9.21 Å². The first kappa shape index (κ1) is 16.9. The van der Waals surface area contributed by atoms with Crippen LogP contribution >= 0.6 is 0 Å². The smallest absolute Gasteiger partial charge is 0.323 e. The van der Waals surface area contributed by atoms with Crippen LogP contribution in [0.1, 0.15) is 26.7 Å². The number of hydrogen-bond acceptors (Lipinski definition) is 4. The SMILES string of the molecule is CC(C)N(CC(=O)O)C(=O)C1CCN(S(C)(=O)=O)CC1. The number of carboxylic acid groups (broad SMARTS) is 1. The maximum absolute atomic E-state index is 12.3. The van der Waals surface area contributed by atoms with Gasteiger partial charge in [0.05, 0.1) is 6.26 Å². The molecule has 7 nitrogen and oxygen atoms in total. The van der Waals surface area contributed by atoms with Gasteiger partial charge in [-0.05, 0) is 26.7 Å². The summed E-state index contributed by atoms with van der Waals surface area (Å²) in [6.45, 7) is 3.85. The van der Waals surface area contributed by atoms with Gasteiger partial charge in [0.2, 0.25) is 15.9 Å². The Bertz CT molecular complexity index is 466. The number of hydrogen-bond donors (Lipinski definition) is 1. The number of nitrogens with zero attached hydrogens (tertiary/aromatic N) is 2. The summed E-state index contributed by atoms with van der Waals surface area (Å²) in [7, 11) is -3.22. The van der Waals surface area contributed by atoms with Gasteiger partial charge < -0.3 is 10.0 Å². The van der Waals surface area contributed by atoms with Gasteiger partial charge in [-0.3, -0.25) is 9.59 Å². The lowest BCUT2D eigenvalue weighted by Gasteiger charge is -2.34. The van der Waals surface area contributed by atoms with Crippen molar-refractivity contribution < 1.29 is 23.1 Å². The zero-order valence-electron chi connectivity index (χ0n) is 12.1. The lowest BCUT2D eigenvalue weighted by molar-refractivity contribution is -0.148. The van der Waals surface area contributed by atoms with E-state index >= 15 is 0 Å². The Hall–Kier alpha value is -1.15. The van der Waals surface area contributed by atoms with Gasteiger partial charge >= 0.3 is 5.97 Å². The third-order valence-electron chi connectivity index (χ3n) is 3.48. The van der Waals surface area contributed by atoms with Crippen LogP contribution in [0.4, 0.5) is 0 Å². The molecular formula is C12H22N2O5S. The first-order valence-corrected chi connectivity index (χ1v) is 8.45. The number of aliphatic carboxylic acids is 1. The fourth-order valence-corrected chi connectivity index (χ4v) is 3.20. The molecule has 0 spiro atoms. The quantitative estimate of drug-likeness (QED) is 0.770. The van der Waals surface area contributed by atoms with E-state index in [0.717, 1.165) is 6.26 Å². The molecule has 1 heterocycles. The Morgan fingerprint density at radius 3 is 2.15 bits per heavy atom. The summed E-state index contributed by atoms with van der Waals surface area (Å²) in [6.07, 6.45) is 2.03. The molecule has 0 atom stereocenters. The summed E-state index contributed by atoms with van der Waals surface area (Å²) in [6, 6.07) is -0.188. The van der Waals surface area contributed by atoms with Crippen molar-refractivity contribution in [2.45, 2.75) is 32.7 Å². The highest BCUT2D eigenvalue weighted by Crippen LogP contribution is 2.22. The van der Waals surface area contributed by atoms with Gasteiger partial charge in [-0.25, -0.2) is 12.7 Å². The second-order valence-corrected chi connectivity index (χ2v) is 7.37. The van der Waals surface area contributed by atoms with Crippen LogP contribution in [0.2, 0.25) is 0 Å². The minimum absolute atomic E-state index is 0.188. The standard InChI is InChI=1S/C12H22N2O5S/c1-9(2)14(8-11(15)16)12(17)10-4-6-13(7-5-10)20(3,18)19/h9-10H,4-8H2,1-3H3,(H,15,16). The molecule has 1 rings (SSSR count). The molecule has 1 aliphatic heterocycles. The number of carbonyl (C=O) groups is 2. The van der Waals surface area contributed by atoms with Crippen LogP contribution in [0.25, 0.3) is 0 Å². The molecule has 1 aliphatic rings. The van der Waals surface area contributed by atoms with Gasteiger partial charge in [0.1, 0.15) is 6.54 Å². The number of carboxylic acids is 1. The molecule has 20 heavy (non-hydrogen) atoms. The topological polar surface area (TPSA) is 95.0 Å². The molecule has 0 aliphatic carbocycles. The number of sulfonamides is 1. The predicted molar refractivity (Wildman–Crippen MR) is 73.6 cm³/mol. The zero-order chi connectivity index (χ0) is 15.5. The maximum Gasteiger partial charge on any atom is 0.323 e. The Labute approximate surface area is 119 Å². The van der Waals surface area contributed by atoms with E-state index in [1.54, 1.807) is 13.8 Å². The molecule has 0 aromatic heterocycles. The Kier molecular flexibility index (Phi) is 5.52. The van der Waals surface area contributed by atoms with E-state index in [2.05, 4.69) is 0 Å². The lowest BCUT2D eigenvalue weighted by atomic mass is 9.96. The van der Waals surface area contributed by atoms with Gasteiger partial charge in [-0.15, -0.1) is 0 Å². The van der Waals surface area contributed by atoms with Crippen molar-refractivity contribution in [3.05, 3.63) is 0 Å². The third kappa shape index (κ3) is 4.45. The monoisotopic (exact) mass is 306 g/mol. The fraction of sp³-hybridized carbons (Fsp3) is 0.833. The van der Waals surface area contributed by atoms with Crippen molar-refractivity contribution in [2.24, 2.45) is 5.92 Å². The van der Waals surface area contributed by atoms with Crippen LogP contribution < -0.4 is 0 Å². The van der Waals surface area contributed by atoms with Crippen molar-refractivity contribution in [3.63, 3.8) is 0 Å². The molecule has 1 fully saturated rings. The van der Waals surface area contributed by atoms with Crippen molar-refractivity contribution in [1.29, 1.82) is 0 Å². The van der Waals surface area contributed by atoms with Crippen molar-refractivity contribution in [2.75, 3.05) is 25.9 Å². The molecule has 0 saturated carbocycles. The molecule has 0 bridgehead atoms. The van der Waals surface area contributed by atoms with E-state index in [9.17, 15) is 18.0 Å². The number of amides is 1. The van der Waals surface area contributed by atoms with Gasteiger partial charge in [-0.2, -0.15) is 0 Å². The van der Waals surface area contributed by atoms with E-state index in [1.165, 1.54) is 9.21 Å². The summed E-state index contributed by atoms with van der Waals surface area (Å²) < 4.78 is 24.2. The Morgan fingerprint density at radius 1 is 1.30 bits per heavy atom. The highest BCUT2D eigenvalue weighted by atomic mass is 32.2. The van der Waals surface area contributed by atoms with Gasteiger partial charge in [-0.1, -0.05) is 0 Å². The van der Waals surface area contributed by atoms with E-state index < -0.39 is 16.0 Å². The molecule has 0 radical (unpaired) electrons. The predicted octanol–water partition coefficient (Wildman–Crippen LogP) is -0.0204. The van der Waals surface area contributed by atoms with Crippen LogP contribution in [0.3, 0.4) is 0 Å². The van der Waals surface area contributed by atoms with Crippen LogP contribution in [0.5, 0.6) is 0 Å². The number of rotatable bonds is 5. The zero-order valence-corrected chi connectivity index (χ0v) is 12.9. The normalized spacial score (nSPS) is 18.2. The molecule has 1 saturated heterocycles.